The number of aryl methyl sites for hydroxylation is 1. The van der Waals surface area contributed by atoms with Crippen LogP contribution in [0, 0.1) is 6.92 Å². The molecule has 0 aliphatic carbocycles. The molecule has 4 rings (SSSR count). The Kier molecular flexibility index (Phi) is 9.06. The van der Waals surface area contributed by atoms with Crippen molar-refractivity contribution in [3.05, 3.63) is 95.5 Å². The third kappa shape index (κ3) is 6.91. The van der Waals surface area contributed by atoms with Crippen molar-refractivity contribution in [3.63, 3.8) is 0 Å². The van der Waals surface area contributed by atoms with E-state index in [0.29, 0.717) is 23.1 Å². The van der Waals surface area contributed by atoms with Crippen LogP contribution in [0.25, 0.3) is 11.5 Å². The summed E-state index contributed by atoms with van der Waals surface area (Å²) in [5.74, 6) is 1.75. The molecular weight excluding hydrogens is 483 g/mol. The number of hydrogen-bond donors (Lipinski definition) is 2. The molecule has 35 heavy (non-hydrogen) atoms. The predicted molar refractivity (Wildman–Crippen MR) is 130 cm³/mol. The first-order valence-corrected chi connectivity index (χ1v) is 11.8. The van der Waals surface area contributed by atoms with Crippen molar-refractivity contribution >= 4 is 39.7 Å². The van der Waals surface area contributed by atoms with Crippen molar-refractivity contribution in [1.82, 2.24) is 9.97 Å². The van der Waals surface area contributed by atoms with E-state index in [2.05, 4.69) is 9.97 Å². The molecule has 178 valence electrons. The van der Waals surface area contributed by atoms with Gasteiger partial charge in [-0.05, 0) is 48.9 Å². The van der Waals surface area contributed by atoms with Gasteiger partial charge in [0.1, 0.15) is 30.4 Å². The van der Waals surface area contributed by atoms with Crippen molar-refractivity contribution in [2.24, 2.45) is 0 Å². The predicted octanol–water partition coefficient (Wildman–Crippen LogP) is 3.43. The standard InChI is InChI=1S/C24H22N2O7S.Na.H/c1-16-21(26-22(33-16)18-6-3-2-4-7-18)15-31-19-11-9-17(10-12-19)14-32-23-20(8-5-13-25-23)24(27)34(28,29)30;;/h2-13,24,27H,14-15H2,1H3,(H,28,29,30);;. The molecule has 0 aliphatic heterocycles. The summed E-state index contributed by atoms with van der Waals surface area (Å²) in [6, 6.07) is 19.4. The van der Waals surface area contributed by atoms with E-state index >= 15 is 0 Å². The fourth-order valence-electron chi connectivity index (χ4n) is 3.12. The molecule has 0 aliphatic rings. The summed E-state index contributed by atoms with van der Waals surface area (Å²) in [4.78, 5) is 8.46. The van der Waals surface area contributed by atoms with Crippen LogP contribution in [0.4, 0.5) is 0 Å². The average molecular weight is 507 g/mol. The quantitative estimate of drug-likeness (QED) is 0.259. The van der Waals surface area contributed by atoms with Gasteiger partial charge in [-0.25, -0.2) is 9.97 Å². The number of rotatable bonds is 9. The van der Waals surface area contributed by atoms with Gasteiger partial charge in [0.05, 0.1) is 5.56 Å². The first kappa shape index (κ1) is 26.9. The van der Waals surface area contributed by atoms with Crippen molar-refractivity contribution < 1.29 is 32.0 Å². The molecule has 1 atom stereocenters. The van der Waals surface area contributed by atoms with Crippen LogP contribution in [-0.2, 0) is 23.3 Å². The van der Waals surface area contributed by atoms with Gasteiger partial charge in [-0.3, -0.25) is 4.55 Å². The molecule has 0 saturated carbocycles. The third-order valence-corrected chi connectivity index (χ3v) is 5.75. The molecule has 0 amide bonds. The van der Waals surface area contributed by atoms with Gasteiger partial charge in [0, 0.05) is 11.8 Å². The van der Waals surface area contributed by atoms with E-state index in [1.54, 1.807) is 24.3 Å². The van der Waals surface area contributed by atoms with Crippen LogP contribution >= 0.6 is 0 Å². The van der Waals surface area contributed by atoms with E-state index in [4.69, 9.17) is 18.4 Å². The number of benzene rings is 2. The summed E-state index contributed by atoms with van der Waals surface area (Å²) in [6.45, 7) is 2.14. The number of nitrogens with zero attached hydrogens (tertiary/aromatic N) is 2. The first-order valence-electron chi connectivity index (χ1n) is 10.3. The summed E-state index contributed by atoms with van der Waals surface area (Å²) in [7, 11) is -4.71. The second kappa shape index (κ2) is 11.8. The van der Waals surface area contributed by atoms with Gasteiger partial charge in [-0.1, -0.05) is 30.3 Å². The molecule has 2 aromatic heterocycles. The van der Waals surface area contributed by atoms with E-state index in [0.717, 1.165) is 11.1 Å². The second-order valence-corrected chi connectivity index (χ2v) is 8.85. The SMILES string of the molecule is Cc1oc(-c2ccccc2)nc1COc1ccc(COc2ncccc2C(O)S(=O)(=O)O)cc1.[NaH]. The van der Waals surface area contributed by atoms with Gasteiger partial charge in [-0.15, -0.1) is 0 Å². The maximum absolute atomic E-state index is 11.3. The molecule has 0 bridgehead atoms. The summed E-state index contributed by atoms with van der Waals surface area (Å²) >= 11 is 0. The van der Waals surface area contributed by atoms with Crippen molar-refractivity contribution in [1.29, 1.82) is 0 Å². The Morgan fingerprint density at radius 1 is 0.971 bits per heavy atom. The Morgan fingerprint density at radius 2 is 1.69 bits per heavy atom. The van der Waals surface area contributed by atoms with E-state index in [1.807, 2.05) is 37.3 Å². The Morgan fingerprint density at radius 3 is 2.37 bits per heavy atom. The van der Waals surface area contributed by atoms with Crippen LogP contribution in [-0.4, -0.2) is 57.6 Å². The normalized spacial score (nSPS) is 12.0. The van der Waals surface area contributed by atoms with Crippen molar-refractivity contribution in [2.75, 3.05) is 0 Å². The number of aliphatic hydroxyl groups is 1. The Labute approximate surface area is 224 Å². The molecule has 0 fully saturated rings. The average Bonchev–Trinajstić information content (AvgIpc) is 3.22. The zero-order valence-corrected chi connectivity index (χ0v) is 19.0. The van der Waals surface area contributed by atoms with Crippen LogP contribution in [0.5, 0.6) is 11.6 Å². The van der Waals surface area contributed by atoms with E-state index in [9.17, 15) is 13.5 Å². The third-order valence-electron chi connectivity index (χ3n) is 4.94. The van der Waals surface area contributed by atoms with E-state index in [-0.39, 0.29) is 54.2 Å². The molecule has 2 aromatic carbocycles. The molecule has 0 spiro atoms. The monoisotopic (exact) mass is 506 g/mol. The van der Waals surface area contributed by atoms with E-state index in [1.165, 1.54) is 18.3 Å². The Hall–Kier alpha value is -2.73. The number of pyridine rings is 1. The number of ether oxygens (including phenoxy) is 2. The molecule has 2 heterocycles. The molecule has 2 N–H and O–H groups in total. The number of aromatic nitrogens is 2. The fourth-order valence-corrected chi connectivity index (χ4v) is 3.62. The van der Waals surface area contributed by atoms with Gasteiger partial charge in [0.25, 0.3) is 10.1 Å². The summed E-state index contributed by atoms with van der Waals surface area (Å²) in [6.07, 6.45) is 1.39. The van der Waals surface area contributed by atoms with Crippen LogP contribution in [0.15, 0.2) is 77.3 Å². The minimum atomic E-state index is -4.71. The fraction of sp³-hybridized carbons (Fsp3) is 0.167. The summed E-state index contributed by atoms with van der Waals surface area (Å²) in [5, 5.41) is 9.82. The molecule has 11 heteroatoms. The second-order valence-electron chi connectivity index (χ2n) is 7.37. The zero-order chi connectivity index (χ0) is 24.1. The topological polar surface area (TPSA) is 132 Å². The molecule has 0 radical (unpaired) electrons. The summed E-state index contributed by atoms with van der Waals surface area (Å²) < 4.78 is 48.7. The van der Waals surface area contributed by atoms with Crippen LogP contribution in [0.2, 0.25) is 0 Å². The van der Waals surface area contributed by atoms with Gasteiger partial charge in [0.2, 0.25) is 17.2 Å². The van der Waals surface area contributed by atoms with E-state index < -0.39 is 15.6 Å². The van der Waals surface area contributed by atoms with Gasteiger partial charge in [0.15, 0.2) is 0 Å². The number of oxazole rings is 1. The van der Waals surface area contributed by atoms with Crippen LogP contribution in [0.1, 0.15) is 28.0 Å². The molecule has 1 unspecified atom stereocenters. The molecular formula is C24H23N2NaO7S. The number of aliphatic hydroxyl groups excluding tert-OH is 1. The molecule has 9 nitrogen and oxygen atoms in total. The summed E-state index contributed by atoms with van der Waals surface area (Å²) in [5.41, 5.74) is 0.0548. The van der Waals surface area contributed by atoms with Gasteiger partial charge < -0.3 is 19.0 Å². The molecule has 4 aromatic rings. The van der Waals surface area contributed by atoms with Gasteiger partial charge >= 0.3 is 29.6 Å². The minimum absolute atomic E-state index is 0. The Balaban J connectivity index is 0.00000342. The van der Waals surface area contributed by atoms with Crippen LogP contribution in [0.3, 0.4) is 0 Å². The Bertz CT molecular complexity index is 1360. The van der Waals surface area contributed by atoms with Crippen molar-refractivity contribution in [2.45, 2.75) is 25.6 Å². The van der Waals surface area contributed by atoms with Gasteiger partial charge in [-0.2, -0.15) is 8.42 Å². The van der Waals surface area contributed by atoms with Crippen LogP contribution < -0.4 is 9.47 Å². The molecule has 0 saturated heterocycles. The first-order chi connectivity index (χ1) is 16.3. The number of hydrogen-bond acceptors (Lipinski definition) is 8. The zero-order valence-electron chi connectivity index (χ0n) is 18.2. The van der Waals surface area contributed by atoms with Crippen molar-refractivity contribution in [3.8, 4) is 23.1 Å². The maximum atomic E-state index is 11.3.